The van der Waals surface area contributed by atoms with Gasteiger partial charge in [-0.2, -0.15) is 0 Å². The molecule has 1 fully saturated rings. The number of pyridine rings is 1. The van der Waals surface area contributed by atoms with Gasteiger partial charge in [-0.05, 0) is 17.9 Å². The monoisotopic (exact) mass is 291 g/mol. The molecule has 2 atom stereocenters. The Hall–Kier alpha value is -1.13. The molecule has 0 bridgehead atoms. The molecule has 4 heteroatoms. The van der Waals surface area contributed by atoms with Gasteiger partial charge in [0.2, 0.25) is 0 Å². The molecule has 0 spiro atoms. The van der Waals surface area contributed by atoms with Crippen LogP contribution in [0.3, 0.4) is 0 Å². The third-order valence-electron chi connectivity index (χ3n) is 4.58. The molecule has 1 aromatic heterocycles. The highest BCUT2D eigenvalue weighted by Gasteiger charge is 2.33. The second-order valence-electron chi connectivity index (χ2n) is 7.12. The number of hydrogen-bond acceptors (Lipinski definition) is 3. The van der Waals surface area contributed by atoms with E-state index in [1.54, 1.807) is 16.7 Å². The van der Waals surface area contributed by atoms with Gasteiger partial charge in [-0.25, -0.2) is 0 Å². The number of nitrogens with zero attached hydrogens (tertiary/aromatic N) is 2. The average Bonchev–Trinajstić information content (AvgIpc) is 2.45. The number of hydrogen-bond donors (Lipinski definition) is 1. The lowest BCUT2D eigenvalue weighted by Gasteiger charge is -2.45. The molecular weight excluding hydrogens is 262 g/mol. The van der Waals surface area contributed by atoms with Crippen LogP contribution in [0.15, 0.2) is 29.2 Å². The quantitative estimate of drug-likeness (QED) is 0.921. The first kappa shape index (κ1) is 16.2. The molecule has 0 aromatic carbocycles. The van der Waals surface area contributed by atoms with Crippen molar-refractivity contribution in [2.45, 2.75) is 52.7 Å². The SMILES string of the molecule is CCC1CNC(C(C)(C)C)CN1CCn1ccccc1=O. The van der Waals surface area contributed by atoms with Gasteiger partial charge < -0.3 is 9.88 Å². The second-order valence-corrected chi connectivity index (χ2v) is 7.12. The molecule has 1 N–H and O–H groups in total. The molecule has 2 heterocycles. The minimum atomic E-state index is 0.0908. The van der Waals surface area contributed by atoms with Gasteiger partial charge in [0.1, 0.15) is 0 Å². The van der Waals surface area contributed by atoms with Gasteiger partial charge >= 0.3 is 0 Å². The third-order valence-corrected chi connectivity index (χ3v) is 4.58. The second kappa shape index (κ2) is 6.75. The van der Waals surface area contributed by atoms with Gasteiger partial charge in [-0.1, -0.05) is 33.8 Å². The Morgan fingerprint density at radius 3 is 2.67 bits per heavy atom. The van der Waals surface area contributed by atoms with Gasteiger partial charge in [0, 0.05) is 50.5 Å². The van der Waals surface area contributed by atoms with Crippen LogP contribution in [-0.4, -0.2) is 41.2 Å². The molecule has 0 saturated carbocycles. The van der Waals surface area contributed by atoms with Crippen molar-refractivity contribution in [3.05, 3.63) is 34.7 Å². The van der Waals surface area contributed by atoms with Crippen molar-refractivity contribution in [3.8, 4) is 0 Å². The number of rotatable bonds is 4. The lowest BCUT2D eigenvalue weighted by Crippen LogP contribution is -2.60. The summed E-state index contributed by atoms with van der Waals surface area (Å²) < 4.78 is 1.81. The Bertz CT molecular complexity index is 503. The molecule has 1 saturated heterocycles. The number of nitrogens with one attached hydrogen (secondary N) is 1. The van der Waals surface area contributed by atoms with Gasteiger partial charge in [0.05, 0.1) is 0 Å². The zero-order chi connectivity index (χ0) is 15.5. The largest absolute Gasteiger partial charge is 0.314 e. The van der Waals surface area contributed by atoms with Gasteiger partial charge in [0.15, 0.2) is 0 Å². The lowest BCUT2D eigenvalue weighted by molar-refractivity contribution is 0.0804. The Morgan fingerprint density at radius 1 is 1.29 bits per heavy atom. The maximum absolute atomic E-state index is 11.8. The molecule has 118 valence electrons. The van der Waals surface area contributed by atoms with Crippen LogP contribution >= 0.6 is 0 Å². The van der Waals surface area contributed by atoms with Crippen molar-refractivity contribution in [2.75, 3.05) is 19.6 Å². The van der Waals surface area contributed by atoms with Crippen LogP contribution in [0.4, 0.5) is 0 Å². The Labute approximate surface area is 128 Å². The smallest absolute Gasteiger partial charge is 0.250 e. The first-order valence-corrected chi connectivity index (χ1v) is 8.04. The van der Waals surface area contributed by atoms with Crippen molar-refractivity contribution in [1.29, 1.82) is 0 Å². The molecule has 21 heavy (non-hydrogen) atoms. The molecule has 0 radical (unpaired) electrons. The van der Waals surface area contributed by atoms with E-state index in [1.165, 1.54) is 0 Å². The highest BCUT2D eigenvalue weighted by atomic mass is 16.1. The molecule has 1 aliphatic rings. The fourth-order valence-electron chi connectivity index (χ4n) is 2.99. The van der Waals surface area contributed by atoms with Crippen LogP contribution < -0.4 is 10.9 Å². The van der Waals surface area contributed by atoms with E-state index in [0.29, 0.717) is 12.1 Å². The van der Waals surface area contributed by atoms with Crippen LogP contribution in [0.25, 0.3) is 0 Å². The summed E-state index contributed by atoms with van der Waals surface area (Å²) in [5.74, 6) is 0. The van der Waals surface area contributed by atoms with Gasteiger partial charge in [0.25, 0.3) is 5.56 Å². The van der Waals surface area contributed by atoms with E-state index in [0.717, 1.165) is 32.6 Å². The van der Waals surface area contributed by atoms with Crippen molar-refractivity contribution < 1.29 is 0 Å². The summed E-state index contributed by atoms with van der Waals surface area (Å²) in [4.78, 5) is 14.3. The van der Waals surface area contributed by atoms with E-state index in [-0.39, 0.29) is 11.0 Å². The fraction of sp³-hybridized carbons (Fsp3) is 0.706. The van der Waals surface area contributed by atoms with Gasteiger partial charge in [-0.15, -0.1) is 0 Å². The first-order chi connectivity index (χ1) is 9.91. The van der Waals surface area contributed by atoms with E-state index in [4.69, 9.17) is 0 Å². The topological polar surface area (TPSA) is 37.3 Å². The van der Waals surface area contributed by atoms with Crippen LogP contribution in [0.1, 0.15) is 34.1 Å². The fourth-order valence-corrected chi connectivity index (χ4v) is 2.99. The summed E-state index contributed by atoms with van der Waals surface area (Å²) in [6.45, 7) is 12.9. The summed E-state index contributed by atoms with van der Waals surface area (Å²) >= 11 is 0. The first-order valence-electron chi connectivity index (χ1n) is 8.04. The predicted octanol–water partition coefficient (Wildman–Crippen LogP) is 1.95. The van der Waals surface area contributed by atoms with Crippen LogP contribution in [0, 0.1) is 5.41 Å². The molecule has 0 aliphatic carbocycles. The van der Waals surface area contributed by atoms with Crippen molar-refractivity contribution in [2.24, 2.45) is 5.41 Å². The van der Waals surface area contributed by atoms with E-state index < -0.39 is 0 Å². The normalized spacial score (nSPS) is 24.2. The molecule has 1 aliphatic heterocycles. The highest BCUT2D eigenvalue weighted by Crippen LogP contribution is 2.24. The summed E-state index contributed by atoms with van der Waals surface area (Å²) in [6.07, 6.45) is 3.03. The van der Waals surface area contributed by atoms with Crippen LogP contribution in [0.5, 0.6) is 0 Å². The molecule has 1 aromatic rings. The van der Waals surface area contributed by atoms with Crippen LogP contribution in [0.2, 0.25) is 0 Å². The van der Waals surface area contributed by atoms with Crippen LogP contribution in [-0.2, 0) is 6.54 Å². The molecular formula is C17H29N3O. The average molecular weight is 291 g/mol. The summed E-state index contributed by atoms with van der Waals surface area (Å²) in [7, 11) is 0. The van der Waals surface area contributed by atoms with Crippen molar-refractivity contribution in [3.63, 3.8) is 0 Å². The maximum Gasteiger partial charge on any atom is 0.250 e. The maximum atomic E-state index is 11.8. The highest BCUT2D eigenvalue weighted by molar-refractivity contribution is 4.94. The summed E-state index contributed by atoms with van der Waals surface area (Å²) in [5.41, 5.74) is 0.355. The van der Waals surface area contributed by atoms with E-state index in [1.807, 2.05) is 12.3 Å². The molecule has 0 amide bonds. The Balaban J connectivity index is 2.01. The standard InChI is InChI=1S/C17H29N3O/c1-5-14-12-18-15(17(2,3)4)13-20(14)11-10-19-9-7-6-8-16(19)21/h6-9,14-15,18H,5,10-13H2,1-4H3. The minimum Gasteiger partial charge on any atom is -0.314 e. The zero-order valence-electron chi connectivity index (χ0n) is 13.8. The van der Waals surface area contributed by atoms with Crippen molar-refractivity contribution in [1.82, 2.24) is 14.8 Å². The van der Waals surface area contributed by atoms with E-state index >= 15 is 0 Å². The number of aromatic nitrogens is 1. The Morgan fingerprint density at radius 2 is 2.05 bits per heavy atom. The third kappa shape index (κ3) is 4.17. The number of piperazine rings is 1. The lowest BCUT2D eigenvalue weighted by atomic mass is 9.84. The van der Waals surface area contributed by atoms with E-state index in [2.05, 4.69) is 37.9 Å². The van der Waals surface area contributed by atoms with E-state index in [9.17, 15) is 4.79 Å². The molecule has 2 unspecified atom stereocenters. The molecule has 2 rings (SSSR count). The van der Waals surface area contributed by atoms with Gasteiger partial charge in [-0.3, -0.25) is 9.69 Å². The predicted molar refractivity (Wildman–Crippen MR) is 87.6 cm³/mol. The summed E-state index contributed by atoms with van der Waals surface area (Å²) in [6, 6.07) is 6.44. The molecule has 4 nitrogen and oxygen atoms in total. The summed E-state index contributed by atoms with van der Waals surface area (Å²) in [5, 5.41) is 3.69. The van der Waals surface area contributed by atoms with Crippen molar-refractivity contribution >= 4 is 0 Å². The minimum absolute atomic E-state index is 0.0908. The zero-order valence-corrected chi connectivity index (χ0v) is 13.8. The Kier molecular flexibility index (Phi) is 5.22.